The molecule has 0 saturated heterocycles. The maximum Gasteiger partial charge on any atom is 0.408 e. The number of rotatable bonds is 3. The van der Waals surface area contributed by atoms with Gasteiger partial charge in [0.15, 0.2) is 5.01 Å². The van der Waals surface area contributed by atoms with Gasteiger partial charge in [-0.05, 0) is 25.3 Å². The summed E-state index contributed by atoms with van der Waals surface area (Å²) in [5.74, 6) is 5.78. The number of nitrogens with zero attached hydrogens (tertiary/aromatic N) is 1. The zero-order valence-electron chi connectivity index (χ0n) is 12.0. The highest BCUT2D eigenvalue weighted by Crippen LogP contribution is 2.14. The molecule has 1 aromatic heterocycles. The van der Waals surface area contributed by atoms with Crippen molar-refractivity contribution in [3.63, 3.8) is 0 Å². The number of hydrogen-bond acceptors (Lipinski definition) is 4. The molecule has 4 nitrogen and oxygen atoms in total. The summed E-state index contributed by atoms with van der Waals surface area (Å²) in [5, 5.41) is 3.35. The Morgan fingerprint density at radius 1 is 1.33 bits per heavy atom. The number of carbonyl (C=O) groups is 1. The molecule has 1 heterocycles. The zero-order chi connectivity index (χ0) is 15.1. The van der Waals surface area contributed by atoms with Crippen molar-refractivity contribution in [1.29, 1.82) is 0 Å². The van der Waals surface area contributed by atoms with E-state index in [1.165, 1.54) is 0 Å². The fourth-order valence-electron chi connectivity index (χ4n) is 1.54. The van der Waals surface area contributed by atoms with Crippen LogP contribution in [0.4, 0.5) is 4.79 Å². The molecule has 0 radical (unpaired) electrons. The number of thiazole rings is 1. The summed E-state index contributed by atoms with van der Waals surface area (Å²) in [5.41, 5.74) is 1.95. The molecule has 21 heavy (non-hydrogen) atoms. The second kappa shape index (κ2) is 7.46. The van der Waals surface area contributed by atoms with Crippen LogP contribution < -0.4 is 5.32 Å². The van der Waals surface area contributed by atoms with E-state index in [1.807, 2.05) is 44.2 Å². The summed E-state index contributed by atoms with van der Waals surface area (Å²) < 4.78 is 5.07. The summed E-state index contributed by atoms with van der Waals surface area (Å²) >= 11 is 1.55. The van der Waals surface area contributed by atoms with Crippen LogP contribution in [-0.2, 0) is 11.3 Å². The number of aryl methyl sites for hydroxylation is 2. The molecule has 108 valence electrons. The molecule has 0 unspecified atom stereocenters. The molecule has 1 amide bonds. The van der Waals surface area contributed by atoms with Gasteiger partial charge < -0.3 is 10.1 Å². The molecule has 1 N–H and O–H groups in total. The van der Waals surface area contributed by atoms with Gasteiger partial charge in [0.2, 0.25) is 0 Å². The third-order valence-electron chi connectivity index (χ3n) is 2.76. The van der Waals surface area contributed by atoms with Crippen LogP contribution in [0.25, 0.3) is 0 Å². The van der Waals surface area contributed by atoms with Crippen molar-refractivity contribution in [2.24, 2.45) is 0 Å². The average molecular weight is 300 g/mol. The van der Waals surface area contributed by atoms with Crippen molar-refractivity contribution in [2.75, 3.05) is 6.54 Å². The molecule has 0 fully saturated rings. The number of ether oxygens (including phenoxy) is 1. The van der Waals surface area contributed by atoms with E-state index in [-0.39, 0.29) is 13.2 Å². The number of aromatic nitrogens is 1. The lowest BCUT2D eigenvalue weighted by atomic mass is 10.2. The lowest BCUT2D eigenvalue weighted by Crippen LogP contribution is -2.24. The van der Waals surface area contributed by atoms with Gasteiger partial charge in [-0.3, -0.25) is 0 Å². The molecule has 0 aliphatic heterocycles. The highest BCUT2D eigenvalue weighted by molar-refractivity contribution is 7.12. The number of carbonyl (C=O) groups excluding carboxylic acids is 1. The van der Waals surface area contributed by atoms with E-state index in [0.29, 0.717) is 0 Å². The van der Waals surface area contributed by atoms with Gasteiger partial charge in [-0.15, -0.1) is 11.3 Å². The van der Waals surface area contributed by atoms with E-state index in [2.05, 4.69) is 22.1 Å². The first-order valence-electron chi connectivity index (χ1n) is 6.52. The number of benzene rings is 1. The van der Waals surface area contributed by atoms with Crippen molar-refractivity contribution in [2.45, 2.75) is 20.5 Å². The second-order valence-electron chi connectivity index (χ2n) is 4.38. The Morgan fingerprint density at radius 3 is 2.76 bits per heavy atom. The molecule has 0 atom stereocenters. The minimum absolute atomic E-state index is 0.241. The molecule has 0 saturated carbocycles. The molecule has 1 aromatic carbocycles. The maximum atomic E-state index is 11.5. The normalized spacial score (nSPS) is 9.62. The summed E-state index contributed by atoms with van der Waals surface area (Å²) in [6, 6.07) is 9.53. The van der Waals surface area contributed by atoms with Crippen LogP contribution in [0.15, 0.2) is 30.3 Å². The fraction of sp³-hybridized carbons (Fsp3) is 0.250. The predicted octanol–water partition coefficient (Wildman–Crippen LogP) is 3.04. The Bertz CT molecular complexity index is 649. The molecule has 2 rings (SSSR count). The first-order valence-corrected chi connectivity index (χ1v) is 7.34. The van der Waals surface area contributed by atoms with Crippen LogP contribution in [0.1, 0.15) is 21.1 Å². The number of hydrogen-bond donors (Lipinski definition) is 1. The van der Waals surface area contributed by atoms with Crippen LogP contribution in [-0.4, -0.2) is 17.6 Å². The minimum Gasteiger partial charge on any atom is -0.445 e. The Kier molecular flexibility index (Phi) is 5.35. The maximum absolute atomic E-state index is 11.5. The summed E-state index contributed by atoms with van der Waals surface area (Å²) in [4.78, 5) is 16.9. The van der Waals surface area contributed by atoms with Gasteiger partial charge in [-0.1, -0.05) is 36.3 Å². The van der Waals surface area contributed by atoms with Crippen LogP contribution >= 0.6 is 11.3 Å². The highest BCUT2D eigenvalue weighted by atomic mass is 32.1. The van der Waals surface area contributed by atoms with E-state index >= 15 is 0 Å². The quantitative estimate of drug-likeness (QED) is 0.886. The van der Waals surface area contributed by atoms with Crippen LogP contribution in [0.5, 0.6) is 0 Å². The third kappa shape index (κ3) is 4.93. The first-order chi connectivity index (χ1) is 10.1. The highest BCUT2D eigenvalue weighted by Gasteiger charge is 2.01. The monoisotopic (exact) mass is 300 g/mol. The molecule has 0 spiro atoms. The molecule has 0 aliphatic rings. The fourth-order valence-corrected chi connectivity index (χ4v) is 2.33. The standard InChI is InChI=1S/C16H16N2O2S/c1-12-13(2)21-15(18-12)9-6-10-17-16(19)20-11-14-7-4-3-5-8-14/h3-5,7-8H,10-11H2,1-2H3,(H,17,19). The zero-order valence-corrected chi connectivity index (χ0v) is 12.8. The van der Waals surface area contributed by atoms with Gasteiger partial charge in [0.1, 0.15) is 6.61 Å². The molecule has 5 heteroatoms. The molecular formula is C16H16N2O2S. The first kappa shape index (κ1) is 15.1. The van der Waals surface area contributed by atoms with E-state index in [1.54, 1.807) is 11.3 Å². The lowest BCUT2D eigenvalue weighted by Gasteiger charge is -2.04. The van der Waals surface area contributed by atoms with Crippen molar-refractivity contribution < 1.29 is 9.53 Å². The third-order valence-corrected chi connectivity index (χ3v) is 3.75. The summed E-state index contributed by atoms with van der Waals surface area (Å²) in [7, 11) is 0. The Labute approximate surface area is 128 Å². The van der Waals surface area contributed by atoms with Gasteiger partial charge in [0, 0.05) is 4.88 Å². The van der Waals surface area contributed by atoms with Crippen LogP contribution in [0, 0.1) is 25.7 Å². The Morgan fingerprint density at radius 2 is 2.10 bits per heavy atom. The van der Waals surface area contributed by atoms with Gasteiger partial charge >= 0.3 is 6.09 Å². The SMILES string of the molecule is Cc1nc(C#CCNC(=O)OCc2ccccc2)sc1C. The average Bonchev–Trinajstić information content (AvgIpc) is 2.81. The molecule has 2 aromatic rings. The van der Waals surface area contributed by atoms with E-state index < -0.39 is 6.09 Å². The number of alkyl carbamates (subject to hydrolysis) is 1. The van der Waals surface area contributed by atoms with E-state index in [9.17, 15) is 4.79 Å². The van der Waals surface area contributed by atoms with Crippen molar-refractivity contribution in [3.8, 4) is 11.8 Å². The van der Waals surface area contributed by atoms with Gasteiger partial charge in [0.05, 0.1) is 12.2 Å². The van der Waals surface area contributed by atoms with Crippen molar-refractivity contribution in [3.05, 3.63) is 51.5 Å². The van der Waals surface area contributed by atoms with E-state index in [0.717, 1.165) is 21.1 Å². The Hall–Kier alpha value is -2.32. The van der Waals surface area contributed by atoms with Gasteiger partial charge in [-0.2, -0.15) is 0 Å². The lowest BCUT2D eigenvalue weighted by molar-refractivity contribution is 0.141. The van der Waals surface area contributed by atoms with Gasteiger partial charge in [0.25, 0.3) is 0 Å². The molecule has 0 aliphatic carbocycles. The van der Waals surface area contributed by atoms with Crippen LogP contribution in [0.2, 0.25) is 0 Å². The largest absolute Gasteiger partial charge is 0.445 e. The van der Waals surface area contributed by atoms with Crippen molar-refractivity contribution in [1.82, 2.24) is 10.3 Å². The topological polar surface area (TPSA) is 51.2 Å². The number of amides is 1. The molecule has 0 bridgehead atoms. The van der Waals surface area contributed by atoms with E-state index in [4.69, 9.17) is 4.74 Å². The summed E-state index contributed by atoms with van der Waals surface area (Å²) in [6.45, 7) is 4.46. The molecular weight excluding hydrogens is 284 g/mol. The number of nitrogens with one attached hydrogen (secondary N) is 1. The summed E-state index contributed by atoms with van der Waals surface area (Å²) in [6.07, 6.45) is -0.473. The predicted molar refractivity (Wildman–Crippen MR) is 83.1 cm³/mol. The minimum atomic E-state index is -0.473. The Balaban J connectivity index is 1.72. The smallest absolute Gasteiger partial charge is 0.408 e. The van der Waals surface area contributed by atoms with Crippen molar-refractivity contribution >= 4 is 17.4 Å². The second-order valence-corrected chi connectivity index (χ2v) is 5.58. The van der Waals surface area contributed by atoms with Gasteiger partial charge in [-0.25, -0.2) is 9.78 Å². The van der Waals surface area contributed by atoms with Crippen LogP contribution in [0.3, 0.4) is 0 Å².